The Kier molecular flexibility index (Phi) is 6.36. The van der Waals surface area contributed by atoms with Gasteiger partial charge in [-0.3, -0.25) is 4.79 Å². The molecule has 2 aromatic carbocycles. The van der Waals surface area contributed by atoms with E-state index in [1.165, 1.54) is 0 Å². The fourth-order valence-corrected chi connectivity index (χ4v) is 2.20. The van der Waals surface area contributed by atoms with Gasteiger partial charge >= 0.3 is 5.97 Å². The second-order valence-corrected chi connectivity index (χ2v) is 6.22. The predicted molar refractivity (Wildman–Crippen MR) is 97.6 cm³/mol. The van der Waals surface area contributed by atoms with E-state index in [0.717, 1.165) is 0 Å². The third kappa shape index (κ3) is 5.07. The fourth-order valence-electron chi connectivity index (χ4n) is 2.07. The van der Waals surface area contributed by atoms with Crippen LogP contribution in [0.25, 0.3) is 0 Å². The smallest absolute Gasteiger partial charge is 0.352 e. The van der Waals surface area contributed by atoms with E-state index in [2.05, 4.69) is 16.7 Å². The molecule has 0 N–H and O–H groups in total. The standard InChI is InChI=1S/C19H18ClNO5/c1-19(2,18(23)24-12-25-21-3)26-16-10-6-14(7-11-16)17(22)13-4-8-15(20)9-5-13/h4-11H,3,12H2,1-2H3. The molecule has 0 unspecified atom stereocenters. The minimum atomic E-state index is -1.24. The van der Waals surface area contributed by atoms with Gasteiger partial charge in [0.05, 0.1) is 0 Å². The van der Waals surface area contributed by atoms with Crippen LogP contribution in [0.5, 0.6) is 5.75 Å². The molecule has 0 spiro atoms. The van der Waals surface area contributed by atoms with E-state index in [-0.39, 0.29) is 12.6 Å². The SMILES string of the molecule is C=NOCOC(=O)C(C)(C)Oc1ccc(C(=O)c2ccc(Cl)cc2)cc1. The molecule has 0 bridgehead atoms. The zero-order chi connectivity index (χ0) is 19.2. The first-order chi connectivity index (χ1) is 12.3. The number of ether oxygens (including phenoxy) is 2. The molecule has 0 aliphatic heterocycles. The molecule has 0 saturated heterocycles. The molecule has 26 heavy (non-hydrogen) atoms. The van der Waals surface area contributed by atoms with Crippen LogP contribution in [0, 0.1) is 0 Å². The van der Waals surface area contributed by atoms with E-state index in [1.54, 1.807) is 62.4 Å². The van der Waals surface area contributed by atoms with E-state index < -0.39 is 11.6 Å². The molecule has 0 aliphatic carbocycles. The number of hydrogen-bond donors (Lipinski definition) is 0. The number of carbonyl (C=O) groups is 2. The molecule has 0 amide bonds. The number of ketones is 1. The van der Waals surface area contributed by atoms with Crippen LogP contribution in [-0.2, 0) is 14.4 Å². The summed E-state index contributed by atoms with van der Waals surface area (Å²) in [5.41, 5.74) is -0.222. The molecule has 6 nitrogen and oxygen atoms in total. The van der Waals surface area contributed by atoms with Gasteiger partial charge in [0, 0.05) is 22.9 Å². The van der Waals surface area contributed by atoms with E-state index in [4.69, 9.17) is 21.1 Å². The first kappa shape index (κ1) is 19.5. The van der Waals surface area contributed by atoms with Crippen molar-refractivity contribution in [2.45, 2.75) is 19.4 Å². The maximum atomic E-state index is 12.4. The van der Waals surface area contributed by atoms with Gasteiger partial charge in [0.15, 0.2) is 11.4 Å². The van der Waals surface area contributed by atoms with Crippen molar-refractivity contribution in [3.8, 4) is 5.75 Å². The molecule has 0 fully saturated rings. The third-order valence-electron chi connectivity index (χ3n) is 3.42. The van der Waals surface area contributed by atoms with Gasteiger partial charge in [0.1, 0.15) is 5.75 Å². The molecule has 0 aliphatic rings. The Morgan fingerprint density at radius 2 is 1.58 bits per heavy atom. The number of halogens is 1. The maximum absolute atomic E-state index is 12.4. The quantitative estimate of drug-likeness (QED) is 0.175. The van der Waals surface area contributed by atoms with Gasteiger partial charge in [-0.25, -0.2) is 4.79 Å². The molecule has 136 valence electrons. The first-order valence-electron chi connectivity index (χ1n) is 7.68. The minimum Gasteiger partial charge on any atom is -0.476 e. The van der Waals surface area contributed by atoms with Crippen LogP contribution in [0.4, 0.5) is 0 Å². The molecule has 0 heterocycles. The van der Waals surface area contributed by atoms with E-state index in [1.807, 2.05) is 0 Å². The summed E-state index contributed by atoms with van der Waals surface area (Å²) >= 11 is 5.83. The summed E-state index contributed by atoms with van der Waals surface area (Å²) in [5.74, 6) is -0.342. The van der Waals surface area contributed by atoms with Crippen molar-refractivity contribution < 1.29 is 23.9 Å². The summed E-state index contributed by atoms with van der Waals surface area (Å²) < 4.78 is 10.5. The third-order valence-corrected chi connectivity index (χ3v) is 3.67. The Morgan fingerprint density at radius 1 is 1.04 bits per heavy atom. The van der Waals surface area contributed by atoms with E-state index in [9.17, 15) is 9.59 Å². The topological polar surface area (TPSA) is 74.2 Å². The number of hydrogen-bond acceptors (Lipinski definition) is 6. The minimum absolute atomic E-state index is 0.138. The number of benzene rings is 2. The van der Waals surface area contributed by atoms with Gasteiger partial charge in [-0.05, 0) is 62.4 Å². The van der Waals surface area contributed by atoms with Crippen molar-refractivity contribution in [3.05, 3.63) is 64.7 Å². The lowest BCUT2D eigenvalue weighted by Crippen LogP contribution is -2.40. The molecular weight excluding hydrogens is 358 g/mol. The largest absolute Gasteiger partial charge is 0.476 e. The van der Waals surface area contributed by atoms with Gasteiger partial charge in [0.2, 0.25) is 0 Å². The second kappa shape index (κ2) is 8.49. The molecule has 2 rings (SSSR count). The van der Waals surface area contributed by atoms with Gasteiger partial charge in [-0.2, -0.15) is 0 Å². The van der Waals surface area contributed by atoms with Gasteiger partial charge in [-0.1, -0.05) is 16.8 Å². The lowest BCUT2D eigenvalue weighted by atomic mass is 10.0. The highest BCUT2D eigenvalue weighted by Crippen LogP contribution is 2.22. The van der Waals surface area contributed by atoms with Gasteiger partial charge < -0.3 is 14.3 Å². The van der Waals surface area contributed by atoms with Crippen LogP contribution in [0.3, 0.4) is 0 Å². The maximum Gasteiger partial charge on any atom is 0.352 e. The van der Waals surface area contributed by atoms with Gasteiger partial charge in [0.25, 0.3) is 6.79 Å². The number of oxime groups is 1. The summed E-state index contributed by atoms with van der Waals surface area (Å²) in [6.07, 6.45) is 0. The average Bonchev–Trinajstić information content (AvgIpc) is 2.62. The Morgan fingerprint density at radius 3 is 2.12 bits per heavy atom. The lowest BCUT2D eigenvalue weighted by molar-refractivity contribution is -0.171. The molecule has 7 heteroatoms. The van der Waals surface area contributed by atoms with Crippen molar-refractivity contribution in [3.63, 3.8) is 0 Å². The number of nitrogens with zero attached hydrogens (tertiary/aromatic N) is 1. The zero-order valence-electron chi connectivity index (χ0n) is 14.4. The summed E-state index contributed by atoms with van der Waals surface area (Å²) in [6, 6.07) is 13.1. The highest BCUT2D eigenvalue weighted by molar-refractivity contribution is 6.30. The van der Waals surface area contributed by atoms with E-state index in [0.29, 0.717) is 21.9 Å². The van der Waals surface area contributed by atoms with Crippen LogP contribution >= 0.6 is 11.6 Å². The molecule has 0 atom stereocenters. The Balaban J connectivity index is 2.04. The normalized spacial score (nSPS) is 10.7. The van der Waals surface area contributed by atoms with Crippen molar-refractivity contribution >= 4 is 30.1 Å². The van der Waals surface area contributed by atoms with Gasteiger partial charge in [-0.15, -0.1) is 0 Å². The predicted octanol–water partition coefficient (Wildman–Crippen LogP) is 3.86. The average molecular weight is 376 g/mol. The van der Waals surface area contributed by atoms with Crippen LogP contribution in [0.1, 0.15) is 29.8 Å². The van der Waals surface area contributed by atoms with Crippen molar-refractivity contribution in [2.24, 2.45) is 5.16 Å². The number of esters is 1. The summed E-state index contributed by atoms with van der Waals surface area (Å²) in [6.45, 7) is 5.88. The Hall–Kier alpha value is -2.86. The second-order valence-electron chi connectivity index (χ2n) is 5.78. The summed E-state index contributed by atoms with van der Waals surface area (Å²) in [5, 5.41) is 3.69. The first-order valence-corrected chi connectivity index (χ1v) is 8.06. The lowest BCUT2D eigenvalue weighted by Gasteiger charge is -2.24. The van der Waals surface area contributed by atoms with Crippen LogP contribution in [0.15, 0.2) is 53.7 Å². The monoisotopic (exact) mass is 375 g/mol. The summed E-state index contributed by atoms with van der Waals surface area (Å²) in [4.78, 5) is 28.9. The van der Waals surface area contributed by atoms with E-state index >= 15 is 0 Å². The highest BCUT2D eigenvalue weighted by Gasteiger charge is 2.32. The molecule has 2 aromatic rings. The molecule has 0 aromatic heterocycles. The van der Waals surface area contributed by atoms with Crippen molar-refractivity contribution in [2.75, 3.05) is 6.79 Å². The highest BCUT2D eigenvalue weighted by atomic mass is 35.5. The Bertz CT molecular complexity index is 785. The zero-order valence-corrected chi connectivity index (χ0v) is 15.2. The molecule has 0 saturated carbocycles. The van der Waals surface area contributed by atoms with Crippen LogP contribution in [-0.4, -0.2) is 30.9 Å². The van der Waals surface area contributed by atoms with Crippen molar-refractivity contribution in [1.82, 2.24) is 0 Å². The molecular formula is C19H18ClNO5. The molecule has 0 radical (unpaired) electrons. The van der Waals surface area contributed by atoms with Crippen LogP contribution < -0.4 is 4.74 Å². The fraction of sp³-hybridized carbons (Fsp3) is 0.211. The number of carbonyl (C=O) groups excluding carboxylic acids is 2. The number of rotatable bonds is 8. The summed E-state index contributed by atoms with van der Waals surface area (Å²) in [7, 11) is 0. The van der Waals surface area contributed by atoms with Crippen LogP contribution in [0.2, 0.25) is 5.02 Å². The Labute approximate surface area is 156 Å². The van der Waals surface area contributed by atoms with Crippen molar-refractivity contribution in [1.29, 1.82) is 0 Å².